The smallest absolute Gasteiger partial charge is 0.264 e. The second kappa shape index (κ2) is 10.7. The molecule has 198 valence electrons. The number of rotatable bonds is 7. The van der Waals surface area contributed by atoms with Crippen LogP contribution in [0.2, 0.25) is 0 Å². The van der Waals surface area contributed by atoms with Crippen LogP contribution in [0, 0.1) is 0 Å². The molecule has 0 saturated carbocycles. The molecular weight excluding hydrogens is 569 g/mol. The first-order chi connectivity index (χ1) is 19.4. The first-order valence-corrected chi connectivity index (χ1v) is 14.3. The van der Waals surface area contributed by atoms with E-state index < -0.39 is 10.0 Å². The molecule has 0 aliphatic heterocycles. The number of hydrogen-bond acceptors (Lipinski definition) is 11. The summed E-state index contributed by atoms with van der Waals surface area (Å²) in [7, 11) is -3.83. The zero-order chi connectivity index (χ0) is 27.5. The Morgan fingerprint density at radius 1 is 0.775 bits per heavy atom. The number of sulfonamides is 1. The number of nitrogens with zero attached hydrogens (tertiary/aromatic N) is 6. The van der Waals surface area contributed by atoms with E-state index in [2.05, 4.69) is 50.6 Å². The van der Waals surface area contributed by atoms with Crippen molar-refractivity contribution in [3.63, 3.8) is 0 Å². The molecule has 6 rings (SSSR count). The van der Waals surface area contributed by atoms with Crippen LogP contribution in [-0.4, -0.2) is 43.4 Å². The summed E-state index contributed by atoms with van der Waals surface area (Å²) >= 11 is 6.98. The highest BCUT2D eigenvalue weighted by Gasteiger charge is 2.16. The normalized spacial score (nSPS) is 11.3. The molecule has 4 N–H and O–H groups in total. The maximum absolute atomic E-state index is 12.5. The topological polar surface area (TPSA) is 160 Å². The average Bonchev–Trinajstić information content (AvgIpc) is 3.35. The Labute approximate surface area is 237 Å². The number of thiophene rings is 1. The molecule has 0 fully saturated rings. The lowest BCUT2D eigenvalue weighted by atomic mass is 10.2. The van der Waals surface area contributed by atoms with E-state index in [-0.39, 0.29) is 16.0 Å². The first kappa shape index (κ1) is 25.4. The zero-order valence-electron chi connectivity index (χ0n) is 20.3. The molecule has 0 bridgehead atoms. The summed E-state index contributed by atoms with van der Waals surface area (Å²) in [5.41, 5.74) is 2.02. The van der Waals surface area contributed by atoms with Crippen LogP contribution < -0.4 is 20.7 Å². The largest absolute Gasteiger partial charge is 0.332 e. The van der Waals surface area contributed by atoms with Crippen molar-refractivity contribution < 1.29 is 8.42 Å². The fourth-order valence-corrected chi connectivity index (χ4v) is 6.01. The van der Waals surface area contributed by atoms with Gasteiger partial charge in [-0.05, 0) is 48.6 Å². The molecule has 12 nitrogen and oxygen atoms in total. The standard InChI is InChI=1S/C25H18N10O2S3/c36-40(37,35-24-26-10-3-11-27-24)17-8-6-15(7-9-17)32-25(38)33-16-12-28-23(29-13-16)34-22-21-20(30-14-31-22)18-4-1-2-5-19(18)39-21/h1-14H,(H,26,27,35)(H2,32,33,38)(H,28,29,30,31,34). The van der Waals surface area contributed by atoms with Crippen molar-refractivity contribution in [3.8, 4) is 0 Å². The molecule has 0 aliphatic rings. The van der Waals surface area contributed by atoms with Crippen molar-refractivity contribution in [3.05, 3.63) is 85.7 Å². The monoisotopic (exact) mass is 586 g/mol. The quantitative estimate of drug-likeness (QED) is 0.190. The molecule has 4 heterocycles. The van der Waals surface area contributed by atoms with Gasteiger partial charge in [-0.25, -0.2) is 43.0 Å². The van der Waals surface area contributed by atoms with Crippen molar-refractivity contribution in [1.29, 1.82) is 0 Å². The molecule has 15 heteroatoms. The van der Waals surface area contributed by atoms with E-state index in [0.29, 0.717) is 23.1 Å². The second-order valence-corrected chi connectivity index (χ2v) is 11.3. The van der Waals surface area contributed by atoms with E-state index in [9.17, 15) is 8.42 Å². The number of anilines is 5. The molecule has 40 heavy (non-hydrogen) atoms. The summed E-state index contributed by atoms with van der Waals surface area (Å²) in [6, 6.07) is 15.7. The number of fused-ring (bicyclic) bond motifs is 3. The molecular formula is C25H18N10O2S3. The van der Waals surface area contributed by atoms with Gasteiger partial charge in [0.2, 0.25) is 11.9 Å². The highest BCUT2D eigenvalue weighted by atomic mass is 32.2. The van der Waals surface area contributed by atoms with Gasteiger partial charge in [-0.15, -0.1) is 11.3 Å². The van der Waals surface area contributed by atoms with Crippen molar-refractivity contribution in [2.24, 2.45) is 0 Å². The zero-order valence-corrected chi connectivity index (χ0v) is 22.8. The van der Waals surface area contributed by atoms with Crippen molar-refractivity contribution in [2.45, 2.75) is 4.90 Å². The summed E-state index contributed by atoms with van der Waals surface area (Å²) in [4.78, 5) is 25.3. The third-order valence-corrected chi connectivity index (χ3v) is 8.23. The van der Waals surface area contributed by atoms with E-state index in [0.717, 1.165) is 20.3 Å². The van der Waals surface area contributed by atoms with Crippen LogP contribution in [0.4, 0.5) is 29.1 Å². The number of hydrogen-bond donors (Lipinski definition) is 4. The van der Waals surface area contributed by atoms with E-state index in [4.69, 9.17) is 12.2 Å². The summed E-state index contributed by atoms with van der Waals surface area (Å²) in [5.74, 6) is 0.984. The molecule has 0 aliphatic carbocycles. The molecule has 6 aromatic rings. The molecule has 2 aromatic carbocycles. The number of aromatic nitrogens is 6. The molecule has 0 spiro atoms. The number of nitrogens with one attached hydrogen (secondary N) is 4. The van der Waals surface area contributed by atoms with Crippen molar-refractivity contribution in [2.75, 3.05) is 20.7 Å². The van der Waals surface area contributed by atoms with Gasteiger partial charge in [0.1, 0.15) is 6.33 Å². The molecule has 0 radical (unpaired) electrons. The van der Waals surface area contributed by atoms with Crippen LogP contribution in [0.5, 0.6) is 0 Å². The first-order valence-electron chi connectivity index (χ1n) is 11.6. The van der Waals surface area contributed by atoms with Crippen LogP contribution in [0.3, 0.4) is 0 Å². The van der Waals surface area contributed by atoms with Crippen LogP contribution in [0.15, 0.2) is 90.6 Å². The predicted octanol–water partition coefficient (Wildman–Crippen LogP) is 4.78. The van der Waals surface area contributed by atoms with E-state index >= 15 is 0 Å². The van der Waals surface area contributed by atoms with Crippen molar-refractivity contribution >= 4 is 88.1 Å². The van der Waals surface area contributed by atoms with E-state index in [1.165, 1.54) is 30.9 Å². The minimum Gasteiger partial charge on any atom is -0.332 e. The molecule has 0 saturated heterocycles. The van der Waals surface area contributed by atoms with E-state index in [1.54, 1.807) is 41.9 Å². The average molecular weight is 587 g/mol. The fourth-order valence-electron chi connectivity index (χ4n) is 3.72. The highest BCUT2D eigenvalue weighted by molar-refractivity contribution is 7.92. The third-order valence-electron chi connectivity index (χ3n) is 5.51. The van der Waals surface area contributed by atoms with Gasteiger partial charge in [-0.1, -0.05) is 18.2 Å². The third kappa shape index (κ3) is 5.47. The summed E-state index contributed by atoms with van der Waals surface area (Å²) in [5, 5.41) is 10.5. The minimum absolute atomic E-state index is 0.0103. The van der Waals surface area contributed by atoms with Crippen molar-refractivity contribution in [1.82, 2.24) is 29.9 Å². The summed E-state index contributed by atoms with van der Waals surface area (Å²) in [6.07, 6.45) is 7.57. The molecule has 0 unspecified atom stereocenters. The van der Waals surface area contributed by atoms with Crippen LogP contribution in [0.25, 0.3) is 20.3 Å². The van der Waals surface area contributed by atoms with Gasteiger partial charge >= 0.3 is 0 Å². The highest BCUT2D eigenvalue weighted by Crippen LogP contribution is 2.36. The Morgan fingerprint density at radius 2 is 1.50 bits per heavy atom. The molecule has 0 atom stereocenters. The van der Waals surface area contributed by atoms with E-state index in [1.807, 2.05) is 24.3 Å². The fraction of sp³-hybridized carbons (Fsp3) is 0. The number of benzene rings is 2. The van der Waals surface area contributed by atoms with Crippen LogP contribution in [0.1, 0.15) is 0 Å². The van der Waals surface area contributed by atoms with Gasteiger partial charge in [-0.2, -0.15) is 0 Å². The van der Waals surface area contributed by atoms with Gasteiger partial charge in [0.25, 0.3) is 10.0 Å². The Balaban J connectivity index is 1.08. The van der Waals surface area contributed by atoms with Gasteiger partial charge in [0.05, 0.1) is 33.2 Å². The molecule has 4 aromatic heterocycles. The van der Waals surface area contributed by atoms with Gasteiger partial charge in [0, 0.05) is 28.2 Å². The SMILES string of the molecule is O=S(=O)(Nc1ncccn1)c1ccc(NC(=S)Nc2cnc(Nc3ncnc4c3sc3ccccc34)nc2)cc1. The predicted molar refractivity (Wildman–Crippen MR) is 159 cm³/mol. The lowest BCUT2D eigenvalue weighted by Gasteiger charge is -2.11. The Kier molecular flexibility index (Phi) is 6.81. The Hall–Kier alpha value is -4.86. The molecule has 0 amide bonds. The summed E-state index contributed by atoms with van der Waals surface area (Å²) in [6.45, 7) is 0. The Morgan fingerprint density at radius 3 is 2.27 bits per heavy atom. The van der Waals surface area contributed by atoms with Gasteiger partial charge < -0.3 is 16.0 Å². The number of thiocarbonyl (C=S) groups is 1. The lowest BCUT2D eigenvalue weighted by Crippen LogP contribution is -2.19. The van der Waals surface area contributed by atoms with Crippen LogP contribution in [-0.2, 0) is 10.0 Å². The maximum atomic E-state index is 12.5. The Bertz CT molecular complexity index is 1930. The second-order valence-electron chi connectivity index (χ2n) is 8.20. The summed E-state index contributed by atoms with van der Waals surface area (Å²) < 4.78 is 29.5. The lowest BCUT2D eigenvalue weighted by molar-refractivity contribution is 0.601. The van der Waals surface area contributed by atoms with Gasteiger partial charge in [0.15, 0.2) is 10.9 Å². The van der Waals surface area contributed by atoms with Crippen LogP contribution >= 0.6 is 23.6 Å². The minimum atomic E-state index is -3.83. The maximum Gasteiger partial charge on any atom is 0.264 e. The van der Waals surface area contributed by atoms with Gasteiger partial charge in [-0.3, -0.25) is 0 Å².